The van der Waals surface area contributed by atoms with Crippen LogP contribution >= 0.6 is 23.2 Å². The molecule has 1 nitrogen and oxygen atoms in total. The fraction of sp³-hybridized carbons (Fsp3) is 0.182. The number of aliphatic imine (C=N–C) groups is 1. The molecule has 0 saturated carbocycles. The molecule has 0 aliphatic carbocycles. The van der Waals surface area contributed by atoms with E-state index in [0.29, 0.717) is 10.0 Å². The fourth-order valence-corrected chi connectivity index (χ4v) is 1.88. The number of nitrogens with zero attached hydrogens (tertiary/aromatic N) is 1. The van der Waals surface area contributed by atoms with Crippen molar-refractivity contribution in [2.45, 2.75) is 6.42 Å². The maximum Gasteiger partial charge on any atom is 0.0667 e. The lowest BCUT2D eigenvalue weighted by atomic mass is 10.0. The summed E-state index contributed by atoms with van der Waals surface area (Å²) in [4.78, 5) is 4.13. The molecular formula is C11H9Cl2N. The second kappa shape index (κ2) is 4.16. The van der Waals surface area contributed by atoms with Crippen molar-refractivity contribution in [1.29, 1.82) is 0 Å². The molecule has 2 rings (SSSR count). The van der Waals surface area contributed by atoms with Gasteiger partial charge in [0, 0.05) is 12.8 Å². The van der Waals surface area contributed by atoms with Crippen molar-refractivity contribution in [1.82, 2.24) is 0 Å². The van der Waals surface area contributed by atoms with Gasteiger partial charge in [-0.05, 0) is 29.7 Å². The van der Waals surface area contributed by atoms with Gasteiger partial charge in [-0.3, -0.25) is 4.99 Å². The highest BCUT2D eigenvalue weighted by Gasteiger charge is 2.09. The van der Waals surface area contributed by atoms with Gasteiger partial charge in [0.15, 0.2) is 0 Å². The molecule has 1 heterocycles. The highest BCUT2D eigenvalue weighted by molar-refractivity contribution is 6.43. The van der Waals surface area contributed by atoms with Gasteiger partial charge in [0.05, 0.1) is 10.0 Å². The lowest BCUT2D eigenvalue weighted by Crippen LogP contribution is -1.95. The second-order valence-electron chi connectivity index (χ2n) is 3.10. The van der Waals surface area contributed by atoms with E-state index in [1.54, 1.807) is 6.07 Å². The first-order valence-electron chi connectivity index (χ1n) is 4.42. The van der Waals surface area contributed by atoms with Crippen LogP contribution in [-0.4, -0.2) is 12.8 Å². The molecule has 0 fully saturated rings. The molecule has 14 heavy (non-hydrogen) atoms. The SMILES string of the molecule is Clc1cccc(C2=CC=NCC2)c1Cl. The van der Waals surface area contributed by atoms with Crippen LogP contribution in [-0.2, 0) is 0 Å². The smallest absolute Gasteiger partial charge is 0.0667 e. The van der Waals surface area contributed by atoms with E-state index in [1.807, 2.05) is 24.4 Å². The number of allylic oxidation sites excluding steroid dienone is 1. The number of dihydropyridines is 1. The molecule has 0 radical (unpaired) electrons. The van der Waals surface area contributed by atoms with E-state index in [0.717, 1.165) is 18.5 Å². The molecule has 0 spiro atoms. The van der Waals surface area contributed by atoms with Crippen molar-refractivity contribution in [2.75, 3.05) is 6.54 Å². The van der Waals surface area contributed by atoms with Gasteiger partial charge in [-0.1, -0.05) is 35.3 Å². The Labute approximate surface area is 93.1 Å². The lowest BCUT2D eigenvalue weighted by Gasteiger charge is -2.11. The Hall–Kier alpha value is -0.790. The van der Waals surface area contributed by atoms with Gasteiger partial charge in [0.1, 0.15) is 0 Å². The van der Waals surface area contributed by atoms with E-state index in [2.05, 4.69) is 4.99 Å². The van der Waals surface area contributed by atoms with Crippen LogP contribution in [0.1, 0.15) is 12.0 Å². The van der Waals surface area contributed by atoms with Crippen molar-refractivity contribution >= 4 is 35.0 Å². The second-order valence-corrected chi connectivity index (χ2v) is 3.88. The summed E-state index contributed by atoms with van der Waals surface area (Å²) in [5.74, 6) is 0. The van der Waals surface area contributed by atoms with Crippen LogP contribution in [0.5, 0.6) is 0 Å². The van der Waals surface area contributed by atoms with E-state index in [-0.39, 0.29) is 0 Å². The summed E-state index contributed by atoms with van der Waals surface area (Å²) in [7, 11) is 0. The number of hydrogen-bond donors (Lipinski definition) is 0. The van der Waals surface area contributed by atoms with Crippen LogP contribution in [0.15, 0.2) is 29.3 Å². The zero-order valence-corrected chi connectivity index (χ0v) is 9.02. The van der Waals surface area contributed by atoms with Crippen LogP contribution in [0.3, 0.4) is 0 Å². The Morgan fingerprint density at radius 2 is 2.07 bits per heavy atom. The summed E-state index contributed by atoms with van der Waals surface area (Å²) < 4.78 is 0. The monoisotopic (exact) mass is 225 g/mol. The minimum absolute atomic E-state index is 0.604. The van der Waals surface area contributed by atoms with Crippen molar-refractivity contribution in [3.63, 3.8) is 0 Å². The predicted octanol–water partition coefficient (Wildman–Crippen LogP) is 3.85. The Kier molecular flexibility index (Phi) is 2.90. The van der Waals surface area contributed by atoms with E-state index in [4.69, 9.17) is 23.2 Å². The zero-order valence-electron chi connectivity index (χ0n) is 7.50. The minimum atomic E-state index is 0.604. The largest absolute Gasteiger partial charge is 0.293 e. The van der Waals surface area contributed by atoms with Crippen molar-refractivity contribution in [3.8, 4) is 0 Å². The average Bonchev–Trinajstić information content (AvgIpc) is 2.23. The number of benzene rings is 1. The van der Waals surface area contributed by atoms with E-state index >= 15 is 0 Å². The molecule has 0 amide bonds. The maximum atomic E-state index is 6.11. The Balaban J connectivity index is 2.45. The zero-order chi connectivity index (χ0) is 9.97. The van der Waals surface area contributed by atoms with Gasteiger partial charge in [-0.2, -0.15) is 0 Å². The van der Waals surface area contributed by atoms with Crippen molar-refractivity contribution < 1.29 is 0 Å². The summed E-state index contributed by atoms with van der Waals surface area (Å²) >= 11 is 12.0. The first-order chi connectivity index (χ1) is 6.79. The van der Waals surface area contributed by atoms with Gasteiger partial charge in [0.2, 0.25) is 0 Å². The number of rotatable bonds is 1. The summed E-state index contributed by atoms with van der Waals surface area (Å²) in [5.41, 5.74) is 2.22. The van der Waals surface area contributed by atoms with Gasteiger partial charge in [-0.15, -0.1) is 0 Å². The lowest BCUT2D eigenvalue weighted by molar-refractivity contribution is 1.02. The summed E-state index contributed by atoms with van der Waals surface area (Å²) in [6, 6.07) is 5.69. The third-order valence-corrected chi connectivity index (χ3v) is 3.01. The molecule has 1 aromatic carbocycles. The minimum Gasteiger partial charge on any atom is -0.293 e. The van der Waals surface area contributed by atoms with Crippen molar-refractivity contribution in [3.05, 3.63) is 39.9 Å². The van der Waals surface area contributed by atoms with Crippen LogP contribution in [0.4, 0.5) is 0 Å². The first-order valence-corrected chi connectivity index (χ1v) is 5.18. The topological polar surface area (TPSA) is 12.4 Å². The molecule has 0 bridgehead atoms. The third kappa shape index (κ3) is 1.84. The van der Waals surface area contributed by atoms with Gasteiger partial charge < -0.3 is 0 Å². The van der Waals surface area contributed by atoms with Crippen LogP contribution in [0.2, 0.25) is 10.0 Å². The Morgan fingerprint density at radius 3 is 2.79 bits per heavy atom. The number of hydrogen-bond acceptors (Lipinski definition) is 1. The molecule has 3 heteroatoms. The Bertz CT molecular complexity index is 408. The highest BCUT2D eigenvalue weighted by atomic mass is 35.5. The molecule has 0 aromatic heterocycles. The summed E-state index contributed by atoms with van der Waals surface area (Å²) in [5, 5.41) is 1.24. The standard InChI is InChI=1S/C11H9Cl2N/c12-10-3-1-2-9(11(10)13)8-4-6-14-7-5-8/h1-4,6H,5,7H2. The molecule has 1 aliphatic heterocycles. The molecular weight excluding hydrogens is 217 g/mol. The third-order valence-electron chi connectivity index (χ3n) is 2.19. The molecule has 1 aromatic rings. The molecule has 0 saturated heterocycles. The average molecular weight is 226 g/mol. The fourth-order valence-electron chi connectivity index (χ4n) is 1.46. The summed E-state index contributed by atoms with van der Waals surface area (Å²) in [6.07, 6.45) is 4.73. The normalized spacial score (nSPS) is 15.4. The molecule has 0 N–H and O–H groups in total. The molecule has 0 atom stereocenters. The molecule has 0 unspecified atom stereocenters. The maximum absolute atomic E-state index is 6.11. The van der Waals surface area contributed by atoms with Crippen molar-refractivity contribution in [2.24, 2.45) is 4.99 Å². The van der Waals surface area contributed by atoms with E-state index in [1.165, 1.54) is 5.57 Å². The highest BCUT2D eigenvalue weighted by Crippen LogP contribution is 2.32. The predicted molar refractivity (Wildman–Crippen MR) is 62.4 cm³/mol. The van der Waals surface area contributed by atoms with Gasteiger partial charge in [-0.25, -0.2) is 0 Å². The molecule has 1 aliphatic rings. The van der Waals surface area contributed by atoms with Crippen LogP contribution in [0.25, 0.3) is 5.57 Å². The first kappa shape index (κ1) is 9.75. The van der Waals surface area contributed by atoms with Gasteiger partial charge in [0.25, 0.3) is 0 Å². The van der Waals surface area contributed by atoms with Crippen LogP contribution in [0, 0.1) is 0 Å². The summed E-state index contributed by atoms with van der Waals surface area (Å²) in [6.45, 7) is 0.828. The van der Waals surface area contributed by atoms with E-state index < -0.39 is 0 Å². The number of halogens is 2. The quantitative estimate of drug-likeness (QED) is 0.689. The Morgan fingerprint density at radius 1 is 1.21 bits per heavy atom. The van der Waals surface area contributed by atoms with E-state index in [9.17, 15) is 0 Å². The molecule has 72 valence electrons. The van der Waals surface area contributed by atoms with Gasteiger partial charge >= 0.3 is 0 Å². The van der Waals surface area contributed by atoms with Crippen LogP contribution < -0.4 is 0 Å².